The van der Waals surface area contributed by atoms with E-state index in [9.17, 15) is 17.8 Å². The Morgan fingerprint density at radius 3 is 2.33 bits per heavy atom. The van der Waals surface area contributed by atoms with Gasteiger partial charge in [0.25, 0.3) is 10.1 Å². The number of ether oxygens (including phenoxy) is 1. The predicted molar refractivity (Wildman–Crippen MR) is 86.5 cm³/mol. The Kier molecular flexibility index (Phi) is 5.68. The molecule has 128 valence electrons. The maximum atomic E-state index is 11.4. The van der Waals surface area contributed by atoms with E-state index in [0.29, 0.717) is 16.7 Å². The fourth-order valence-corrected chi connectivity index (χ4v) is 2.76. The van der Waals surface area contributed by atoms with Gasteiger partial charge in [0.1, 0.15) is 17.5 Å². The van der Waals surface area contributed by atoms with Gasteiger partial charge in [0.05, 0.1) is 6.61 Å². The molecule has 7 nitrogen and oxygen atoms in total. The lowest BCUT2D eigenvalue weighted by Gasteiger charge is -2.10. The summed E-state index contributed by atoms with van der Waals surface area (Å²) in [5.41, 5.74) is 6.96. The molecule has 0 aliphatic heterocycles. The molecule has 0 aromatic heterocycles. The van der Waals surface area contributed by atoms with Gasteiger partial charge in [0.15, 0.2) is 0 Å². The maximum absolute atomic E-state index is 11.4. The van der Waals surface area contributed by atoms with Crippen molar-refractivity contribution in [2.75, 3.05) is 6.61 Å². The maximum Gasteiger partial charge on any atom is 0.325 e. The summed E-state index contributed by atoms with van der Waals surface area (Å²) in [6, 6.07) is 11.6. The molecular formula is C16H17NO6S. The number of aliphatic hydroxyl groups excluding tert-OH is 1. The minimum Gasteiger partial charge on any atom is -0.460 e. The molecule has 1 atom stereocenters. The van der Waals surface area contributed by atoms with Crippen LogP contribution in [0.1, 0.15) is 5.56 Å². The van der Waals surface area contributed by atoms with Crippen LogP contribution in [0.2, 0.25) is 0 Å². The SMILES string of the molecule is N[C@H](CO)C(=O)OCc1ccc(-c2ccccc2S(=O)(=O)O)cc1. The highest BCUT2D eigenvalue weighted by Gasteiger charge is 2.16. The van der Waals surface area contributed by atoms with Crippen LogP contribution in [-0.4, -0.2) is 36.7 Å². The quantitative estimate of drug-likeness (QED) is 0.522. The number of esters is 1. The summed E-state index contributed by atoms with van der Waals surface area (Å²) < 4.78 is 37.1. The average molecular weight is 351 g/mol. The van der Waals surface area contributed by atoms with Crippen molar-refractivity contribution in [1.29, 1.82) is 0 Å². The third-order valence-corrected chi connectivity index (χ3v) is 4.22. The van der Waals surface area contributed by atoms with Crippen LogP contribution < -0.4 is 5.73 Å². The van der Waals surface area contributed by atoms with Gasteiger partial charge in [-0.1, -0.05) is 42.5 Å². The summed E-state index contributed by atoms with van der Waals surface area (Å²) in [4.78, 5) is 11.2. The lowest BCUT2D eigenvalue weighted by molar-refractivity contribution is -0.147. The van der Waals surface area contributed by atoms with Crippen molar-refractivity contribution in [3.8, 4) is 11.1 Å². The zero-order chi connectivity index (χ0) is 17.7. The summed E-state index contributed by atoms with van der Waals surface area (Å²) in [6.07, 6.45) is 0. The molecule has 0 unspecified atom stereocenters. The Hall–Kier alpha value is -2.26. The van der Waals surface area contributed by atoms with Crippen molar-refractivity contribution in [2.24, 2.45) is 5.73 Å². The van der Waals surface area contributed by atoms with E-state index in [1.165, 1.54) is 12.1 Å². The van der Waals surface area contributed by atoms with Gasteiger partial charge in [-0.05, 0) is 17.2 Å². The molecule has 2 aromatic rings. The molecule has 8 heteroatoms. The van der Waals surface area contributed by atoms with Crippen LogP contribution in [0, 0.1) is 0 Å². The van der Waals surface area contributed by atoms with Crippen molar-refractivity contribution >= 4 is 16.1 Å². The fourth-order valence-electron chi connectivity index (χ4n) is 2.05. The average Bonchev–Trinajstić information content (AvgIpc) is 2.58. The van der Waals surface area contributed by atoms with Crippen LogP contribution in [0.25, 0.3) is 11.1 Å². The third-order valence-electron chi connectivity index (χ3n) is 3.31. The molecule has 0 spiro atoms. The second kappa shape index (κ2) is 7.54. The number of carbonyl (C=O) groups excluding carboxylic acids is 1. The van der Waals surface area contributed by atoms with Crippen molar-refractivity contribution < 1.29 is 27.6 Å². The van der Waals surface area contributed by atoms with E-state index in [-0.39, 0.29) is 11.5 Å². The largest absolute Gasteiger partial charge is 0.460 e. The van der Waals surface area contributed by atoms with E-state index in [1.807, 2.05) is 0 Å². The normalized spacial score (nSPS) is 12.6. The molecule has 0 fully saturated rings. The van der Waals surface area contributed by atoms with Crippen molar-refractivity contribution in [3.63, 3.8) is 0 Å². The van der Waals surface area contributed by atoms with Crippen LogP contribution in [-0.2, 0) is 26.3 Å². The van der Waals surface area contributed by atoms with Crippen molar-refractivity contribution in [3.05, 3.63) is 54.1 Å². The summed E-state index contributed by atoms with van der Waals surface area (Å²) >= 11 is 0. The highest BCUT2D eigenvalue weighted by atomic mass is 32.2. The van der Waals surface area contributed by atoms with E-state index >= 15 is 0 Å². The molecule has 0 saturated heterocycles. The van der Waals surface area contributed by atoms with Gasteiger partial charge in [-0.25, -0.2) is 0 Å². The van der Waals surface area contributed by atoms with Crippen molar-refractivity contribution in [2.45, 2.75) is 17.5 Å². The number of rotatable bonds is 6. The third kappa shape index (κ3) is 4.39. The first-order valence-corrected chi connectivity index (χ1v) is 8.46. The Morgan fingerprint density at radius 2 is 1.75 bits per heavy atom. The molecule has 4 N–H and O–H groups in total. The lowest BCUT2D eigenvalue weighted by atomic mass is 10.0. The number of nitrogens with two attached hydrogens (primary N) is 1. The summed E-state index contributed by atoms with van der Waals surface area (Å²) in [5, 5.41) is 8.76. The minimum absolute atomic E-state index is 0.0211. The van der Waals surface area contributed by atoms with E-state index in [0.717, 1.165) is 0 Å². The molecule has 0 amide bonds. The number of hydrogen-bond acceptors (Lipinski definition) is 6. The smallest absolute Gasteiger partial charge is 0.325 e. The first-order chi connectivity index (χ1) is 11.3. The van der Waals surface area contributed by atoms with Gasteiger partial charge in [-0.15, -0.1) is 0 Å². The van der Waals surface area contributed by atoms with Crippen LogP contribution in [0.5, 0.6) is 0 Å². The number of carbonyl (C=O) groups is 1. The molecule has 2 rings (SSSR count). The fraction of sp³-hybridized carbons (Fsp3) is 0.188. The Labute approximate surface area is 139 Å². The van der Waals surface area contributed by atoms with Crippen LogP contribution in [0.15, 0.2) is 53.4 Å². The molecule has 0 saturated carbocycles. The minimum atomic E-state index is -4.33. The molecule has 0 aliphatic carbocycles. The van der Waals surface area contributed by atoms with Gasteiger partial charge in [0, 0.05) is 5.56 Å². The number of hydrogen-bond donors (Lipinski definition) is 3. The summed E-state index contributed by atoms with van der Waals surface area (Å²) in [7, 11) is -4.33. The molecule has 0 bridgehead atoms. The molecule has 24 heavy (non-hydrogen) atoms. The van der Waals surface area contributed by atoms with Gasteiger partial charge in [-0.2, -0.15) is 8.42 Å². The molecule has 0 radical (unpaired) electrons. The first-order valence-electron chi connectivity index (χ1n) is 7.02. The van der Waals surface area contributed by atoms with E-state index < -0.39 is 28.7 Å². The van der Waals surface area contributed by atoms with E-state index in [1.54, 1.807) is 36.4 Å². The Morgan fingerprint density at radius 1 is 1.12 bits per heavy atom. The molecule has 0 aliphatic rings. The zero-order valence-corrected chi connectivity index (χ0v) is 13.4. The van der Waals surface area contributed by atoms with Gasteiger partial charge >= 0.3 is 5.97 Å². The molecular weight excluding hydrogens is 334 g/mol. The molecule has 0 heterocycles. The standard InChI is InChI=1S/C16H17NO6S/c17-14(9-18)16(19)23-10-11-5-7-12(8-6-11)13-3-1-2-4-15(13)24(20,21)22/h1-8,14,18H,9-10,17H2,(H,20,21,22)/t14-/m1/s1. The highest BCUT2D eigenvalue weighted by molar-refractivity contribution is 7.86. The predicted octanol–water partition coefficient (Wildman–Crippen LogP) is 0.963. The topological polar surface area (TPSA) is 127 Å². The summed E-state index contributed by atoms with van der Waals surface area (Å²) in [6.45, 7) is -0.517. The monoisotopic (exact) mass is 351 g/mol. The molecule has 2 aromatic carbocycles. The first kappa shape index (κ1) is 18.1. The Balaban J connectivity index is 2.18. The second-order valence-corrected chi connectivity index (χ2v) is 6.45. The second-order valence-electron chi connectivity index (χ2n) is 5.06. The van der Waals surface area contributed by atoms with Gasteiger partial charge < -0.3 is 15.6 Å². The van der Waals surface area contributed by atoms with Crippen molar-refractivity contribution in [1.82, 2.24) is 0 Å². The number of benzene rings is 2. The van der Waals surface area contributed by atoms with Gasteiger partial charge in [-0.3, -0.25) is 9.35 Å². The van der Waals surface area contributed by atoms with E-state index in [2.05, 4.69) is 0 Å². The van der Waals surface area contributed by atoms with Crippen LogP contribution in [0.4, 0.5) is 0 Å². The number of aliphatic hydroxyl groups is 1. The zero-order valence-electron chi connectivity index (χ0n) is 12.6. The highest BCUT2D eigenvalue weighted by Crippen LogP contribution is 2.27. The van der Waals surface area contributed by atoms with Gasteiger partial charge in [0.2, 0.25) is 0 Å². The lowest BCUT2D eigenvalue weighted by Crippen LogP contribution is -2.35. The summed E-state index contributed by atoms with van der Waals surface area (Å²) in [5.74, 6) is -0.710. The van der Waals surface area contributed by atoms with Crippen LogP contribution >= 0.6 is 0 Å². The Bertz CT molecular complexity index is 817. The van der Waals surface area contributed by atoms with E-state index in [4.69, 9.17) is 15.6 Å². The van der Waals surface area contributed by atoms with Crippen LogP contribution in [0.3, 0.4) is 0 Å².